The van der Waals surface area contributed by atoms with E-state index < -0.39 is 17.7 Å². The molecule has 4 nitrogen and oxygen atoms in total. The van der Waals surface area contributed by atoms with Gasteiger partial charge in [0.05, 0.1) is 12.8 Å². The van der Waals surface area contributed by atoms with E-state index in [-0.39, 0.29) is 11.4 Å². The largest absolute Gasteiger partial charge is 0.495 e. The van der Waals surface area contributed by atoms with Crippen LogP contribution in [-0.4, -0.2) is 29.9 Å². The lowest BCUT2D eigenvalue weighted by Gasteiger charge is -2.25. The number of rotatable bonds is 3. The van der Waals surface area contributed by atoms with Gasteiger partial charge in [0.15, 0.2) is 0 Å². The zero-order valence-corrected chi connectivity index (χ0v) is 9.71. The molecule has 2 N–H and O–H groups in total. The Morgan fingerprint density at radius 3 is 2.39 bits per heavy atom. The molecule has 0 bridgehead atoms. The van der Waals surface area contributed by atoms with Gasteiger partial charge in [-0.2, -0.15) is 13.2 Å². The van der Waals surface area contributed by atoms with Gasteiger partial charge in [0, 0.05) is 0 Å². The minimum atomic E-state index is -5.06. The Kier molecular flexibility index (Phi) is 3.85. The van der Waals surface area contributed by atoms with Gasteiger partial charge in [0.25, 0.3) is 5.91 Å². The van der Waals surface area contributed by atoms with Gasteiger partial charge in [-0.25, -0.2) is 0 Å². The molecule has 0 fully saturated rings. The number of anilines is 1. The highest BCUT2D eigenvalue weighted by atomic mass is 19.4. The smallest absolute Gasteiger partial charge is 0.426 e. The lowest BCUT2D eigenvalue weighted by Crippen LogP contribution is -2.52. The number of amides is 1. The van der Waals surface area contributed by atoms with E-state index >= 15 is 0 Å². The maximum atomic E-state index is 12.4. The first kappa shape index (κ1) is 14.3. The highest BCUT2D eigenvalue weighted by Crippen LogP contribution is 2.32. The van der Waals surface area contributed by atoms with Crippen LogP contribution in [0.15, 0.2) is 24.3 Å². The Balaban J connectivity index is 2.95. The van der Waals surface area contributed by atoms with Crippen molar-refractivity contribution in [1.29, 1.82) is 0 Å². The number of hydrogen-bond donors (Lipinski definition) is 2. The van der Waals surface area contributed by atoms with Crippen molar-refractivity contribution in [1.82, 2.24) is 0 Å². The van der Waals surface area contributed by atoms with Crippen molar-refractivity contribution in [3.63, 3.8) is 0 Å². The number of ether oxygens (including phenoxy) is 1. The van der Waals surface area contributed by atoms with E-state index in [1.54, 1.807) is 6.07 Å². The van der Waals surface area contributed by atoms with Crippen molar-refractivity contribution in [2.75, 3.05) is 12.4 Å². The summed E-state index contributed by atoms with van der Waals surface area (Å²) in [6.07, 6.45) is -5.06. The van der Waals surface area contributed by atoms with Crippen molar-refractivity contribution in [3.05, 3.63) is 24.3 Å². The van der Waals surface area contributed by atoms with Gasteiger partial charge in [0.2, 0.25) is 5.60 Å². The predicted octanol–water partition coefficient (Wildman–Crippen LogP) is 1.95. The quantitative estimate of drug-likeness (QED) is 0.876. The number of methoxy groups -OCH3 is 1. The van der Waals surface area contributed by atoms with Crippen LogP contribution in [0, 0.1) is 0 Å². The van der Waals surface area contributed by atoms with Gasteiger partial charge in [-0.05, 0) is 19.1 Å². The summed E-state index contributed by atoms with van der Waals surface area (Å²) in [5.74, 6) is -1.37. The molecule has 7 heteroatoms. The molecular formula is C11H12F3NO3. The Labute approximate surface area is 101 Å². The number of alkyl halides is 3. The summed E-state index contributed by atoms with van der Waals surface area (Å²) in [6, 6.07) is 5.94. The molecule has 1 rings (SSSR count). The maximum Gasteiger partial charge on any atom is 0.426 e. The van der Waals surface area contributed by atoms with Crippen molar-refractivity contribution >= 4 is 11.6 Å². The molecule has 0 aliphatic rings. The molecule has 0 saturated heterocycles. The molecule has 0 heterocycles. The molecule has 1 atom stereocenters. The Morgan fingerprint density at radius 2 is 1.89 bits per heavy atom. The number of benzene rings is 1. The van der Waals surface area contributed by atoms with Crippen molar-refractivity contribution in [2.45, 2.75) is 18.7 Å². The summed E-state index contributed by atoms with van der Waals surface area (Å²) in [4.78, 5) is 11.4. The van der Waals surface area contributed by atoms with Gasteiger partial charge in [-0.3, -0.25) is 4.79 Å². The van der Waals surface area contributed by atoms with E-state index in [4.69, 9.17) is 9.84 Å². The van der Waals surface area contributed by atoms with Crippen LogP contribution in [0.25, 0.3) is 0 Å². The molecule has 100 valence electrons. The first-order valence-electron chi connectivity index (χ1n) is 4.93. The fourth-order valence-electron chi connectivity index (χ4n) is 1.12. The summed E-state index contributed by atoms with van der Waals surface area (Å²) in [5.41, 5.74) is -3.41. The SMILES string of the molecule is COc1ccccc1NC(=O)[C@@](C)(O)C(F)(F)F. The lowest BCUT2D eigenvalue weighted by atomic mass is 10.1. The van der Waals surface area contributed by atoms with E-state index in [2.05, 4.69) is 0 Å². The highest BCUT2D eigenvalue weighted by molar-refractivity contribution is 5.98. The molecule has 0 aliphatic carbocycles. The number of para-hydroxylation sites is 2. The van der Waals surface area contributed by atoms with E-state index in [1.165, 1.54) is 25.3 Å². The zero-order chi connectivity index (χ0) is 14.0. The predicted molar refractivity (Wildman–Crippen MR) is 58.3 cm³/mol. The van der Waals surface area contributed by atoms with Crippen molar-refractivity contribution < 1.29 is 27.8 Å². The zero-order valence-electron chi connectivity index (χ0n) is 9.71. The van der Waals surface area contributed by atoms with Gasteiger partial charge in [-0.1, -0.05) is 12.1 Å². The molecule has 0 unspecified atom stereocenters. The minimum absolute atomic E-state index is 0.0505. The average molecular weight is 263 g/mol. The number of nitrogens with one attached hydrogen (secondary N) is 1. The van der Waals surface area contributed by atoms with E-state index in [0.717, 1.165) is 0 Å². The van der Waals surface area contributed by atoms with Crippen LogP contribution in [0.5, 0.6) is 5.75 Å². The van der Waals surface area contributed by atoms with Crippen LogP contribution >= 0.6 is 0 Å². The fraction of sp³-hybridized carbons (Fsp3) is 0.364. The molecule has 0 radical (unpaired) electrons. The third-order valence-corrected chi connectivity index (χ3v) is 2.35. The minimum Gasteiger partial charge on any atom is -0.495 e. The Morgan fingerprint density at radius 1 is 1.33 bits per heavy atom. The molecular weight excluding hydrogens is 251 g/mol. The van der Waals surface area contributed by atoms with Crippen LogP contribution < -0.4 is 10.1 Å². The summed E-state index contributed by atoms with van der Waals surface area (Å²) in [6.45, 7) is 0.387. The Bertz CT molecular complexity index is 443. The molecule has 0 spiro atoms. The number of hydrogen-bond acceptors (Lipinski definition) is 3. The number of carbonyl (C=O) groups is 1. The monoisotopic (exact) mass is 263 g/mol. The van der Waals surface area contributed by atoms with E-state index in [0.29, 0.717) is 6.92 Å². The first-order chi connectivity index (χ1) is 8.20. The number of aliphatic hydroxyl groups is 1. The highest BCUT2D eigenvalue weighted by Gasteiger charge is 2.55. The van der Waals surface area contributed by atoms with E-state index in [1.807, 2.05) is 5.32 Å². The summed E-state index contributed by atoms with van der Waals surface area (Å²) < 4.78 is 42.1. The van der Waals surface area contributed by atoms with Crippen molar-refractivity contribution in [2.24, 2.45) is 0 Å². The lowest BCUT2D eigenvalue weighted by molar-refractivity contribution is -0.242. The second-order valence-corrected chi connectivity index (χ2v) is 3.72. The van der Waals surface area contributed by atoms with Gasteiger partial charge < -0.3 is 15.2 Å². The molecule has 1 aromatic carbocycles. The van der Waals surface area contributed by atoms with Crippen LogP contribution in [-0.2, 0) is 4.79 Å². The van der Waals surface area contributed by atoms with Crippen LogP contribution in [0.4, 0.5) is 18.9 Å². The van der Waals surface area contributed by atoms with Gasteiger partial charge >= 0.3 is 6.18 Å². The van der Waals surface area contributed by atoms with Crippen LogP contribution in [0.1, 0.15) is 6.92 Å². The number of carbonyl (C=O) groups excluding carboxylic acids is 1. The maximum absolute atomic E-state index is 12.4. The third kappa shape index (κ3) is 2.73. The Hall–Kier alpha value is -1.76. The molecule has 0 aromatic heterocycles. The normalized spacial score (nSPS) is 14.8. The van der Waals surface area contributed by atoms with Crippen LogP contribution in [0.2, 0.25) is 0 Å². The summed E-state index contributed by atoms with van der Waals surface area (Å²) in [5, 5.41) is 11.1. The first-order valence-corrected chi connectivity index (χ1v) is 4.93. The second kappa shape index (κ2) is 4.85. The molecule has 1 amide bonds. The summed E-state index contributed by atoms with van der Waals surface area (Å²) >= 11 is 0. The molecule has 1 aromatic rings. The summed E-state index contributed by atoms with van der Waals surface area (Å²) in [7, 11) is 1.31. The molecule has 0 saturated carbocycles. The molecule has 0 aliphatic heterocycles. The van der Waals surface area contributed by atoms with E-state index in [9.17, 15) is 18.0 Å². The fourth-order valence-corrected chi connectivity index (χ4v) is 1.12. The van der Waals surface area contributed by atoms with Gasteiger partial charge in [0.1, 0.15) is 5.75 Å². The van der Waals surface area contributed by atoms with Crippen LogP contribution in [0.3, 0.4) is 0 Å². The second-order valence-electron chi connectivity index (χ2n) is 3.72. The molecule has 18 heavy (non-hydrogen) atoms. The number of halogens is 3. The van der Waals surface area contributed by atoms with Crippen molar-refractivity contribution in [3.8, 4) is 5.75 Å². The average Bonchev–Trinajstić information content (AvgIpc) is 2.28. The topological polar surface area (TPSA) is 58.6 Å². The standard InChI is InChI=1S/C11H12F3NO3/c1-10(17,11(12,13)14)9(16)15-7-5-3-4-6-8(7)18-2/h3-6,17H,1-2H3,(H,15,16)/t10-/m1/s1. The third-order valence-electron chi connectivity index (χ3n) is 2.35. The van der Waals surface area contributed by atoms with Gasteiger partial charge in [-0.15, -0.1) is 0 Å².